The highest BCUT2D eigenvalue weighted by Gasteiger charge is 2.22. The van der Waals surface area contributed by atoms with E-state index in [2.05, 4.69) is 15.9 Å². The highest BCUT2D eigenvalue weighted by atomic mass is 79.9. The van der Waals surface area contributed by atoms with Crippen molar-refractivity contribution in [1.82, 2.24) is 9.80 Å². The molecule has 0 aromatic heterocycles. The lowest BCUT2D eigenvalue weighted by Gasteiger charge is -2.22. The Kier molecular flexibility index (Phi) is 5.05. The SMILES string of the molecule is CC(=O)N1CCCN(C(=O)c2cc(Br)ccc2Cl)CC1. The number of benzene rings is 1. The molecule has 0 atom stereocenters. The van der Waals surface area contributed by atoms with Crippen molar-refractivity contribution in [3.8, 4) is 0 Å². The minimum Gasteiger partial charge on any atom is -0.341 e. The van der Waals surface area contributed by atoms with E-state index in [1.165, 1.54) is 0 Å². The summed E-state index contributed by atoms with van der Waals surface area (Å²) in [6.07, 6.45) is 0.789. The van der Waals surface area contributed by atoms with Crippen LogP contribution in [0.5, 0.6) is 0 Å². The van der Waals surface area contributed by atoms with E-state index in [0.29, 0.717) is 36.8 Å². The number of carbonyl (C=O) groups is 2. The summed E-state index contributed by atoms with van der Waals surface area (Å²) in [5.41, 5.74) is 0.498. The van der Waals surface area contributed by atoms with Gasteiger partial charge < -0.3 is 9.80 Å². The third-order valence-electron chi connectivity index (χ3n) is 3.39. The maximum absolute atomic E-state index is 12.5. The molecule has 1 fully saturated rings. The van der Waals surface area contributed by atoms with Gasteiger partial charge in [-0.25, -0.2) is 0 Å². The minimum atomic E-state index is -0.0818. The van der Waals surface area contributed by atoms with Crippen LogP contribution in [0.3, 0.4) is 0 Å². The molecule has 1 aliphatic rings. The largest absolute Gasteiger partial charge is 0.341 e. The van der Waals surface area contributed by atoms with E-state index in [9.17, 15) is 9.59 Å². The Morgan fingerprint density at radius 1 is 1.15 bits per heavy atom. The first-order valence-electron chi connectivity index (χ1n) is 6.49. The van der Waals surface area contributed by atoms with E-state index in [1.54, 1.807) is 34.9 Å². The monoisotopic (exact) mass is 358 g/mol. The van der Waals surface area contributed by atoms with Crippen LogP contribution in [0.1, 0.15) is 23.7 Å². The van der Waals surface area contributed by atoms with Crippen LogP contribution in [0.2, 0.25) is 5.02 Å². The summed E-state index contributed by atoms with van der Waals surface area (Å²) in [6.45, 7) is 4.02. The molecule has 4 nitrogen and oxygen atoms in total. The number of rotatable bonds is 1. The Morgan fingerprint density at radius 2 is 1.80 bits per heavy atom. The molecule has 108 valence electrons. The van der Waals surface area contributed by atoms with Crippen LogP contribution in [-0.2, 0) is 4.79 Å². The van der Waals surface area contributed by atoms with Crippen LogP contribution in [0.15, 0.2) is 22.7 Å². The predicted molar refractivity (Wildman–Crippen MR) is 81.9 cm³/mol. The molecular weight excluding hydrogens is 344 g/mol. The maximum atomic E-state index is 12.5. The fourth-order valence-corrected chi connectivity index (χ4v) is 2.83. The molecule has 0 N–H and O–H groups in total. The zero-order chi connectivity index (χ0) is 14.7. The van der Waals surface area contributed by atoms with Gasteiger partial charge in [0.15, 0.2) is 0 Å². The average molecular weight is 360 g/mol. The lowest BCUT2D eigenvalue weighted by atomic mass is 10.2. The first-order valence-corrected chi connectivity index (χ1v) is 7.66. The zero-order valence-corrected chi connectivity index (χ0v) is 13.6. The van der Waals surface area contributed by atoms with Gasteiger partial charge in [0.25, 0.3) is 5.91 Å². The van der Waals surface area contributed by atoms with E-state index < -0.39 is 0 Å². The smallest absolute Gasteiger partial charge is 0.255 e. The first kappa shape index (κ1) is 15.3. The third kappa shape index (κ3) is 3.52. The molecule has 20 heavy (non-hydrogen) atoms. The van der Waals surface area contributed by atoms with E-state index >= 15 is 0 Å². The van der Waals surface area contributed by atoms with Crippen molar-refractivity contribution in [2.75, 3.05) is 26.2 Å². The number of carbonyl (C=O) groups excluding carboxylic acids is 2. The quantitative estimate of drug-likeness (QED) is 0.773. The van der Waals surface area contributed by atoms with Gasteiger partial charge in [-0.15, -0.1) is 0 Å². The Balaban J connectivity index is 2.13. The number of hydrogen-bond donors (Lipinski definition) is 0. The van der Waals surface area contributed by atoms with Crippen molar-refractivity contribution in [2.45, 2.75) is 13.3 Å². The summed E-state index contributed by atoms with van der Waals surface area (Å²) in [6, 6.07) is 5.25. The number of halogens is 2. The lowest BCUT2D eigenvalue weighted by Crippen LogP contribution is -2.36. The van der Waals surface area contributed by atoms with Gasteiger partial charge in [-0.05, 0) is 24.6 Å². The fraction of sp³-hybridized carbons (Fsp3) is 0.429. The lowest BCUT2D eigenvalue weighted by molar-refractivity contribution is -0.128. The molecule has 1 saturated heterocycles. The van der Waals surface area contributed by atoms with Crippen molar-refractivity contribution in [3.63, 3.8) is 0 Å². The second kappa shape index (κ2) is 6.59. The average Bonchev–Trinajstić information content (AvgIpc) is 2.66. The van der Waals surface area contributed by atoms with Crippen LogP contribution in [0.25, 0.3) is 0 Å². The van der Waals surface area contributed by atoms with Gasteiger partial charge in [0, 0.05) is 37.6 Å². The molecule has 2 rings (SSSR count). The van der Waals surface area contributed by atoms with Gasteiger partial charge in [-0.1, -0.05) is 27.5 Å². The van der Waals surface area contributed by atoms with Gasteiger partial charge in [0.05, 0.1) is 10.6 Å². The summed E-state index contributed by atoms with van der Waals surface area (Å²) in [7, 11) is 0. The Morgan fingerprint density at radius 3 is 2.50 bits per heavy atom. The highest BCUT2D eigenvalue weighted by molar-refractivity contribution is 9.10. The molecule has 0 spiro atoms. The third-order valence-corrected chi connectivity index (χ3v) is 4.21. The van der Waals surface area contributed by atoms with Gasteiger partial charge >= 0.3 is 0 Å². The van der Waals surface area contributed by atoms with E-state index in [0.717, 1.165) is 10.9 Å². The maximum Gasteiger partial charge on any atom is 0.255 e. The molecule has 2 amide bonds. The van der Waals surface area contributed by atoms with E-state index in [1.807, 2.05) is 0 Å². The van der Waals surface area contributed by atoms with Crippen LogP contribution < -0.4 is 0 Å². The second-order valence-corrected chi connectivity index (χ2v) is 6.10. The van der Waals surface area contributed by atoms with E-state index in [-0.39, 0.29) is 11.8 Å². The topological polar surface area (TPSA) is 40.6 Å². The fourth-order valence-electron chi connectivity index (χ4n) is 2.27. The first-order chi connectivity index (χ1) is 9.49. The zero-order valence-electron chi connectivity index (χ0n) is 11.2. The summed E-state index contributed by atoms with van der Waals surface area (Å²) in [5, 5.41) is 0.450. The number of hydrogen-bond acceptors (Lipinski definition) is 2. The molecule has 1 aliphatic heterocycles. The Bertz CT molecular complexity index is 536. The van der Waals surface area contributed by atoms with Crippen molar-refractivity contribution in [1.29, 1.82) is 0 Å². The standard InChI is InChI=1S/C14H16BrClN2O2/c1-10(19)17-5-2-6-18(8-7-17)14(20)12-9-11(15)3-4-13(12)16/h3-4,9H,2,5-8H2,1H3. The molecule has 1 aromatic carbocycles. The molecule has 6 heteroatoms. The van der Waals surface area contributed by atoms with Crippen molar-refractivity contribution in [2.24, 2.45) is 0 Å². The van der Waals surface area contributed by atoms with Crippen molar-refractivity contribution < 1.29 is 9.59 Å². The molecule has 0 unspecified atom stereocenters. The molecule has 0 bridgehead atoms. The normalized spacial score (nSPS) is 15.9. The van der Waals surface area contributed by atoms with Gasteiger partial charge in [0.1, 0.15) is 0 Å². The molecule has 1 aromatic rings. The highest BCUT2D eigenvalue weighted by Crippen LogP contribution is 2.23. The Labute approximate surface area is 131 Å². The van der Waals surface area contributed by atoms with Crippen LogP contribution in [-0.4, -0.2) is 47.8 Å². The summed E-state index contributed by atoms with van der Waals surface area (Å²) in [4.78, 5) is 27.4. The van der Waals surface area contributed by atoms with Gasteiger partial charge in [-0.2, -0.15) is 0 Å². The van der Waals surface area contributed by atoms with Crippen LogP contribution in [0, 0.1) is 0 Å². The van der Waals surface area contributed by atoms with Crippen LogP contribution in [0.4, 0.5) is 0 Å². The summed E-state index contributed by atoms with van der Waals surface area (Å²) in [5.74, 6) is -0.0264. The van der Waals surface area contributed by atoms with E-state index in [4.69, 9.17) is 11.6 Å². The molecular formula is C14H16BrClN2O2. The van der Waals surface area contributed by atoms with Crippen molar-refractivity contribution in [3.05, 3.63) is 33.3 Å². The summed E-state index contributed by atoms with van der Waals surface area (Å²) >= 11 is 9.45. The molecule has 0 saturated carbocycles. The van der Waals surface area contributed by atoms with Crippen LogP contribution >= 0.6 is 27.5 Å². The second-order valence-electron chi connectivity index (χ2n) is 4.78. The summed E-state index contributed by atoms with van der Waals surface area (Å²) < 4.78 is 0.824. The number of amides is 2. The molecule has 1 heterocycles. The van der Waals surface area contributed by atoms with Gasteiger partial charge in [0.2, 0.25) is 5.91 Å². The predicted octanol–water partition coefficient (Wildman–Crippen LogP) is 2.80. The molecule has 0 aliphatic carbocycles. The Hall–Kier alpha value is -1.07. The minimum absolute atomic E-state index is 0.0554. The van der Waals surface area contributed by atoms with Gasteiger partial charge in [-0.3, -0.25) is 9.59 Å². The number of nitrogens with zero attached hydrogens (tertiary/aromatic N) is 2. The molecule has 0 radical (unpaired) electrons. The van der Waals surface area contributed by atoms with Crippen molar-refractivity contribution >= 4 is 39.3 Å².